The smallest absolute Gasteiger partial charge is 0.265 e. The number of alkyl halides is 2. The van der Waals surface area contributed by atoms with Gasteiger partial charge in [-0.15, -0.1) is 0 Å². The van der Waals surface area contributed by atoms with Crippen LogP contribution in [0.2, 0.25) is 0 Å². The molecular formula is C25H25F4N7O2. The molecule has 5 rings (SSSR count). The molecule has 1 aromatic carbocycles. The van der Waals surface area contributed by atoms with Gasteiger partial charge in [0.25, 0.3) is 6.43 Å². The molecule has 0 radical (unpaired) electrons. The van der Waals surface area contributed by atoms with Crippen LogP contribution < -0.4 is 15.4 Å². The number of halogens is 4. The van der Waals surface area contributed by atoms with Crippen molar-refractivity contribution in [3.8, 4) is 17.0 Å². The van der Waals surface area contributed by atoms with E-state index in [0.717, 1.165) is 12.1 Å². The van der Waals surface area contributed by atoms with Gasteiger partial charge < -0.3 is 20.5 Å². The molecule has 1 aliphatic rings. The number of benzene rings is 1. The summed E-state index contributed by atoms with van der Waals surface area (Å²) in [6.45, 7) is 0.546. The summed E-state index contributed by atoms with van der Waals surface area (Å²) < 4.78 is 62.5. The molecule has 1 fully saturated rings. The second-order valence-corrected chi connectivity index (χ2v) is 9.27. The highest BCUT2D eigenvalue weighted by molar-refractivity contribution is 5.70. The lowest BCUT2D eigenvalue weighted by Gasteiger charge is -2.44. The fourth-order valence-electron chi connectivity index (χ4n) is 4.83. The molecule has 0 aliphatic carbocycles. The molecule has 0 spiro atoms. The van der Waals surface area contributed by atoms with Gasteiger partial charge in [-0.25, -0.2) is 32.2 Å². The number of ether oxygens (including phenoxy) is 1. The molecule has 9 nitrogen and oxygen atoms in total. The summed E-state index contributed by atoms with van der Waals surface area (Å²) >= 11 is 0. The molecule has 3 N–H and O–H groups in total. The molecule has 38 heavy (non-hydrogen) atoms. The average molecular weight is 532 g/mol. The van der Waals surface area contributed by atoms with Crippen LogP contribution in [0.1, 0.15) is 18.4 Å². The SMILES string of the molecule is COc1cc(F)c(-c2cc(Cn3ncc4nccnc43)c(N3CCC[C@](N)([C@H](O)C(F)F)C3)cn2)cc1F. The first-order valence-electron chi connectivity index (χ1n) is 11.8. The van der Waals surface area contributed by atoms with Gasteiger partial charge >= 0.3 is 0 Å². The lowest BCUT2D eigenvalue weighted by molar-refractivity contribution is -0.0529. The number of piperidine rings is 1. The Balaban J connectivity index is 1.59. The number of fused-ring (bicyclic) bond motifs is 1. The van der Waals surface area contributed by atoms with Crippen molar-refractivity contribution in [1.29, 1.82) is 0 Å². The summed E-state index contributed by atoms with van der Waals surface area (Å²) in [7, 11) is 1.24. The van der Waals surface area contributed by atoms with E-state index < -0.39 is 29.7 Å². The van der Waals surface area contributed by atoms with Gasteiger partial charge in [0.1, 0.15) is 17.4 Å². The third-order valence-electron chi connectivity index (χ3n) is 6.80. The maximum atomic E-state index is 14.9. The first kappa shape index (κ1) is 25.8. The van der Waals surface area contributed by atoms with Crippen molar-refractivity contribution < 1.29 is 27.4 Å². The number of nitrogens with zero attached hydrogens (tertiary/aromatic N) is 6. The zero-order valence-electron chi connectivity index (χ0n) is 20.4. The molecule has 2 atom stereocenters. The highest BCUT2D eigenvalue weighted by Gasteiger charge is 2.43. The number of anilines is 1. The van der Waals surface area contributed by atoms with E-state index >= 15 is 0 Å². The van der Waals surface area contributed by atoms with Crippen molar-refractivity contribution in [2.75, 3.05) is 25.1 Å². The molecule has 1 aliphatic heterocycles. The zero-order valence-corrected chi connectivity index (χ0v) is 20.4. The Morgan fingerprint density at radius 1 is 1.11 bits per heavy atom. The largest absolute Gasteiger partial charge is 0.494 e. The molecule has 4 aromatic rings. The van der Waals surface area contributed by atoms with Crippen LogP contribution in [0.25, 0.3) is 22.4 Å². The Kier molecular flexibility index (Phi) is 6.88. The number of hydrogen-bond acceptors (Lipinski definition) is 8. The van der Waals surface area contributed by atoms with E-state index in [2.05, 4.69) is 20.1 Å². The van der Waals surface area contributed by atoms with Crippen LogP contribution in [0, 0.1) is 11.6 Å². The van der Waals surface area contributed by atoms with Crippen LogP contribution in [0.4, 0.5) is 23.2 Å². The maximum absolute atomic E-state index is 14.9. The number of hydrogen-bond donors (Lipinski definition) is 2. The number of aliphatic hydroxyl groups is 1. The van der Waals surface area contributed by atoms with E-state index in [1.54, 1.807) is 21.8 Å². The van der Waals surface area contributed by atoms with Gasteiger partial charge in [0.2, 0.25) is 0 Å². The molecule has 0 amide bonds. The summed E-state index contributed by atoms with van der Waals surface area (Å²) in [5.41, 5.74) is 6.94. The topological polar surface area (TPSA) is 115 Å². The average Bonchev–Trinajstić information content (AvgIpc) is 3.32. The standard InChI is InChI=1S/C25H25F4N7O2/c1-38-21-9-16(26)15(8-17(21)27)18-7-14(12-36-24-19(10-34-36)31-4-5-32-24)20(11-33-18)35-6-2-3-25(30,13-35)22(37)23(28)29/h4-5,7-11,22-23,37H,2-3,6,12-13,30H2,1H3/t22-,25-/m1/s1. The number of rotatable bonds is 7. The van der Waals surface area contributed by atoms with Gasteiger partial charge in [-0.2, -0.15) is 5.10 Å². The Bertz CT molecular complexity index is 1470. The lowest BCUT2D eigenvalue weighted by Crippen LogP contribution is -2.63. The number of aromatic nitrogens is 5. The van der Waals surface area contributed by atoms with Crippen LogP contribution in [-0.2, 0) is 6.54 Å². The van der Waals surface area contributed by atoms with Gasteiger partial charge in [0.15, 0.2) is 17.2 Å². The Morgan fingerprint density at radius 2 is 1.89 bits per heavy atom. The number of pyridine rings is 1. The Hall–Kier alpha value is -3.84. The maximum Gasteiger partial charge on any atom is 0.265 e. The molecule has 13 heteroatoms. The minimum absolute atomic E-state index is 0.0578. The van der Waals surface area contributed by atoms with Crippen LogP contribution in [0.5, 0.6) is 5.75 Å². The van der Waals surface area contributed by atoms with Crippen molar-refractivity contribution in [1.82, 2.24) is 24.7 Å². The third kappa shape index (κ3) is 4.74. The molecule has 0 bridgehead atoms. The first-order chi connectivity index (χ1) is 18.2. The van der Waals surface area contributed by atoms with Crippen molar-refractivity contribution in [2.24, 2.45) is 5.73 Å². The predicted octanol–water partition coefficient (Wildman–Crippen LogP) is 3.15. The summed E-state index contributed by atoms with van der Waals surface area (Å²) in [5.74, 6) is -1.73. The number of nitrogens with two attached hydrogens (primary N) is 1. The van der Waals surface area contributed by atoms with Gasteiger partial charge in [-0.1, -0.05) is 0 Å². The summed E-state index contributed by atoms with van der Waals surface area (Å²) in [5, 5.41) is 14.5. The van der Waals surface area contributed by atoms with E-state index in [9.17, 15) is 22.7 Å². The second-order valence-electron chi connectivity index (χ2n) is 9.27. The summed E-state index contributed by atoms with van der Waals surface area (Å²) in [6.07, 6.45) is 1.73. The summed E-state index contributed by atoms with van der Waals surface area (Å²) in [4.78, 5) is 14.7. The van der Waals surface area contributed by atoms with Crippen LogP contribution in [-0.4, -0.2) is 68.1 Å². The van der Waals surface area contributed by atoms with Crippen molar-refractivity contribution >= 4 is 16.9 Å². The number of methoxy groups -OCH3 is 1. The van der Waals surface area contributed by atoms with Gasteiger partial charge in [-0.05, 0) is 25.0 Å². The van der Waals surface area contributed by atoms with Gasteiger partial charge in [0, 0.05) is 42.7 Å². The van der Waals surface area contributed by atoms with E-state index in [4.69, 9.17) is 10.5 Å². The van der Waals surface area contributed by atoms with E-state index in [-0.39, 0.29) is 36.5 Å². The molecule has 3 aromatic heterocycles. The van der Waals surface area contributed by atoms with Crippen LogP contribution >= 0.6 is 0 Å². The van der Waals surface area contributed by atoms with Gasteiger partial charge in [0.05, 0.1) is 43.0 Å². The lowest BCUT2D eigenvalue weighted by atomic mass is 9.84. The minimum Gasteiger partial charge on any atom is -0.494 e. The highest BCUT2D eigenvalue weighted by atomic mass is 19.3. The van der Waals surface area contributed by atoms with Crippen LogP contribution in [0.15, 0.2) is 43.0 Å². The third-order valence-corrected chi connectivity index (χ3v) is 6.80. The van der Waals surface area contributed by atoms with Gasteiger partial charge in [-0.3, -0.25) is 4.98 Å². The Morgan fingerprint density at radius 3 is 2.66 bits per heavy atom. The fourth-order valence-corrected chi connectivity index (χ4v) is 4.83. The quantitative estimate of drug-likeness (QED) is 0.350. The summed E-state index contributed by atoms with van der Waals surface area (Å²) in [6, 6.07) is 3.52. The van der Waals surface area contributed by atoms with E-state index in [1.807, 2.05) is 0 Å². The molecule has 200 valence electrons. The first-order valence-corrected chi connectivity index (χ1v) is 11.8. The number of aliphatic hydroxyl groups excluding tert-OH is 1. The molecule has 4 heterocycles. The van der Waals surface area contributed by atoms with Crippen LogP contribution in [0.3, 0.4) is 0 Å². The van der Waals surface area contributed by atoms with Crippen molar-refractivity contribution in [3.05, 3.63) is 60.2 Å². The van der Waals surface area contributed by atoms with Crippen molar-refractivity contribution in [3.63, 3.8) is 0 Å². The van der Waals surface area contributed by atoms with E-state index in [1.165, 1.54) is 25.7 Å². The molecule has 0 saturated carbocycles. The predicted molar refractivity (Wildman–Crippen MR) is 131 cm³/mol. The normalized spacial score (nSPS) is 18.8. The molecule has 0 unspecified atom stereocenters. The zero-order chi connectivity index (χ0) is 27.0. The minimum atomic E-state index is -3.00. The highest BCUT2D eigenvalue weighted by Crippen LogP contribution is 2.34. The van der Waals surface area contributed by atoms with E-state index in [0.29, 0.717) is 35.4 Å². The second kappa shape index (κ2) is 10.1. The van der Waals surface area contributed by atoms with Crippen molar-refractivity contribution in [2.45, 2.75) is 37.5 Å². The Labute approximate surface area is 214 Å². The fraction of sp³-hybridized carbons (Fsp3) is 0.360. The molecule has 1 saturated heterocycles. The molecular weight excluding hydrogens is 506 g/mol. The monoisotopic (exact) mass is 531 g/mol.